The van der Waals surface area contributed by atoms with E-state index in [2.05, 4.69) is 44.7 Å². The molecule has 2 rings (SSSR count). The maximum absolute atomic E-state index is 6.15. The van der Waals surface area contributed by atoms with Crippen LogP contribution >= 0.6 is 0 Å². The number of nitrogens with zero attached hydrogens (tertiary/aromatic N) is 1. The zero-order valence-electron chi connectivity index (χ0n) is 13.6. The summed E-state index contributed by atoms with van der Waals surface area (Å²) in [7, 11) is 0. The van der Waals surface area contributed by atoms with Gasteiger partial charge in [0.25, 0.3) is 0 Å². The molecule has 1 saturated carbocycles. The first-order valence-electron chi connectivity index (χ1n) is 8.08. The molecule has 20 heavy (non-hydrogen) atoms. The van der Waals surface area contributed by atoms with Crippen LogP contribution in [0.2, 0.25) is 0 Å². The molecule has 112 valence electrons. The number of hydrogen-bond acceptors (Lipinski definition) is 2. The molecule has 0 bridgehead atoms. The Morgan fingerprint density at radius 3 is 2.20 bits per heavy atom. The minimum absolute atomic E-state index is 0.376. The fourth-order valence-corrected chi connectivity index (χ4v) is 3.65. The molecule has 1 aromatic rings. The van der Waals surface area contributed by atoms with Gasteiger partial charge in [0.05, 0.1) is 0 Å². The van der Waals surface area contributed by atoms with Crippen LogP contribution in [-0.2, 0) is 0 Å². The van der Waals surface area contributed by atoms with E-state index in [0.717, 1.165) is 12.5 Å². The Balaban J connectivity index is 2.25. The lowest BCUT2D eigenvalue weighted by molar-refractivity contribution is 0.140. The number of likely N-dealkylation sites (N-methyl/N-ethyl adjacent to an activating group) is 1. The summed E-state index contributed by atoms with van der Waals surface area (Å²) < 4.78 is 0. The summed E-state index contributed by atoms with van der Waals surface area (Å²) in [6, 6.07) is 4.96. The van der Waals surface area contributed by atoms with Gasteiger partial charge in [0.1, 0.15) is 0 Å². The standard InChI is InChI=1S/C18H30N2/c1-5-20(12-16-7-6-8-16)17(11-19)18-14(3)9-13(2)10-15(18)4/h9-10,16-17H,5-8,11-12,19H2,1-4H3. The Morgan fingerprint density at radius 2 is 1.80 bits per heavy atom. The molecule has 0 spiro atoms. The van der Waals surface area contributed by atoms with Crippen LogP contribution in [-0.4, -0.2) is 24.5 Å². The van der Waals surface area contributed by atoms with Gasteiger partial charge in [-0.05, 0) is 62.8 Å². The third-order valence-electron chi connectivity index (χ3n) is 4.86. The second kappa shape index (κ2) is 6.73. The summed E-state index contributed by atoms with van der Waals surface area (Å²) in [5.41, 5.74) is 11.7. The first-order chi connectivity index (χ1) is 9.56. The third kappa shape index (κ3) is 3.24. The SMILES string of the molecule is CCN(CC1CCC1)C(CN)c1c(C)cc(C)cc1C. The van der Waals surface area contributed by atoms with E-state index >= 15 is 0 Å². The molecule has 1 aliphatic rings. The van der Waals surface area contributed by atoms with Gasteiger partial charge in [0, 0.05) is 19.1 Å². The Bertz CT molecular complexity index is 426. The highest BCUT2D eigenvalue weighted by atomic mass is 15.2. The fourth-order valence-electron chi connectivity index (χ4n) is 3.65. The maximum atomic E-state index is 6.15. The predicted molar refractivity (Wildman–Crippen MR) is 87.0 cm³/mol. The molecular formula is C18H30N2. The van der Waals surface area contributed by atoms with E-state index in [0.29, 0.717) is 12.6 Å². The van der Waals surface area contributed by atoms with E-state index in [1.54, 1.807) is 0 Å². The molecule has 1 aromatic carbocycles. The van der Waals surface area contributed by atoms with Crippen molar-refractivity contribution in [1.82, 2.24) is 4.90 Å². The molecule has 2 N–H and O–H groups in total. The van der Waals surface area contributed by atoms with Crippen LogP contribution in [0, 0.1) is 26.7 Å². The van der Waals surface area contributed by atoms with Crippen LogP contribution in [0.3, 0.4) is 0 Å². The molecule has 1 unspecified atom stereocenters. The van der Waals surface area contributed by atoms with Gasteiger partial charge >= 0.3 is 0 Å². The van der Waals surface area contributed by atoms with Crippen molar-refractivity contribution in [2.75, 3.05) is 19.6 Å². The van der Waals surface area contributed by atoms with Gasteiger partial charge in [-0.25, -0.2) is 0 Å². The van der Waals surface area contributed by atoms with E-state index in [-0.39, 0.29) is 0 Å². The van der Waals surface area contributed by atoms with Crippen molar-refractivity contribution in [2.45, 2.75) is 53.0 Å². The van der Waals surface area contributed by atoms with Crippen LogP contribution < -0.4 is 5.73 Å². The summed E-state index contributed by atoms with van der Waals surface area (Å²) in [4.78, 5) is 2.59. The van der Waals surface area contributed by atoms with Crippen molar-refractivity contribution in [3.05, 3.63) is 34.4 Å². The van der Waals surface area contributed by atoms with E-state index in [4.69, 9.17) is 5.73 Å². The highest BCUT2D eigenvalue weighted by Gasteiger charge is 2.26. The molecule has 0 amide bonds. The Hall–Kier alpha value is -0.860. The summed E-state index contributed by atoms with van der Waals surface area (Å²) in [6.45, 7) is 11.9. The minimum atomic E-state index is 0.376. The maximum Gasteiger partial charge on any atom is 0.0475 e. The fraction of sp³-hybridized carbons (Fsp3) is 0.667. The van der Waals surface area contributed by atoms with Gasteiger partial charge in [-0.3, -0.25) is 4.90 Å². The second-order valence-corrected chi connectivity index (χ2v) is 6.45. The van der Waals surface area contributed by atoms with Gasteiger partial charge in [-0.2, -0.15) is 0 Å². The number of nitrogens with two attached hydrogens (primary N) is 1. The minimum Gasteiger partial charge on any atom is -0.329 e. The molecule has 1 atom stereocenters. The lowest BCUT2D eigenvalue weighted by atomic mass is 9.84. The largest absolute Gasteiger partial charge is 0.329 e. The van der Waals surface area contributed by atoms with Crippen LogP contribution in [0.5, 0.6) is 0 Å². The van der Waals surface area contributed by atoms with E-state index in [1.165, 1.54) is 48.1 Å². The van der Waals surface area contributed by atoms with Crippen molar-refractivity contribution in [3.63, 3.8) is 0 Å². The molecule has 1 aliphatic carbocycles. The zero-order chi connectivity index (χ0) is 14.7. The molecule has 0 radical (unpaired) electrons. The number of benzene rings is 1. The second-order valence-electron chi connectivity index (χ2n) is 6.45. The molecule has 0 heterocycles. The highest BCUT2D eigenvalue weighted by molar-refractivity contribution is 5.40. The van der Waals surface area contributed by atoms with Gasteiger partial charge < -0.3 is 5.73 Å². The number of hydrogen-bond donors (Lipinski definition) is 1. The van der Waals surface area contributed by atoms with Crippen LogP contribution in [0.4, 0.5) is 0 Å². The van der Waals surface area contributed by atoms with Crippen LogP contribution in [0.15, 0.2) is 12.1 Å². The van der Waals surface area contributed by atoms with Gasteiger partial charge in [-0.15, -0.1) is 0 Å². The smallest absolute Gasteiger partial charge is 0.0475 e. The van der Waals surface area contributed by atoms with Gasteiger partial charge in [0.15, 0.2) is 0 Å². The van der Waals surface area contributed by atoms with Gasteiger partial charge in [0.2, 0.25) is 0 Å². The lowest BCUT2D eigenvalue weighted by Crippen LogP contribution is -2.39. The first kappa shape index (κ1) is 15.5. The van der Waals surface area contributed by atoms with Crippen molar-refractivity contribution < 1.29 is 0 Å². The summed E-state index contributed by atoms with van der Waals surface area (Å²) in [5.74, 6) is 0.898. The Labute approximate surface area is 124 Å². The Morgan fingerprint density at radius 1 is 1.20 bits per heavy atom. The molecule has 0 aliphatic heterocycles. The van der Waals surface area contributed by atoms with Crippen LogP contribution in [0.1, 0.15) is 54.5 Å². The normalized spacial score (nSPS) is 17.3. The van der Waals surface area contributed by atoms with E-state index in [1.807, 2.05) is 0 Å². The average Bonchev–Trinajstić information content (AvgIpc) is 2.33. The summed E-state index contributed by atoms with van der Waals surface area (Å²) in [5, 5.41) is 0. The lowest BCUT2D eigenvalue weighted by Gasteiger charge is -2.37. The predicted octanol–water partition coefficient (Wildman–Crippen LogP) is 3.73. The van der Waals surface area contributed by atoms with Gasteiger partial charge in [-0.1, -0.05) is 31.0 Å². The Kier molecular flexibility index (Phi) is 5.22. The molecule has 1 fully saturated rings. The first-order valence-corrected chi connectivity index (χ1v) is 8.08. The molecule has 2 nitrogen and oxygen atoms in total. The van der Waals surface area contributed by atoms with Crippen LogP contribution in [0.25, 0.3) is 0 Å². The van der Waals surface area contributed by atoms with E-state index < -0.39 is 0 Å². The van der Waals surface area contributed by atoms with Crippen molar-refractivity contribution in [1.29, 1.82) is 0 Å². The zero-order valence-corrected chi connectivity index (χ0v) is 13.6. The van der Waals surface area contributed by atoms with E-state index in [9.17, 15) is 0 Å². The number of aryl methyl sites for hydroxylation is 3. The molecule has 2 heteroatoms. The third-order valence-corrected chi connectivity index (χ3v) is 4.86. The monoisotopic (exact) mass is 274 g/mol. The number of rotatable bonds is 6. The average molecular weight is 274 g/mol. The van der Waals surface area contributed by atoms with Crippen molar-refractivity contribution in [3.8, 4) is 0 Å². The highest BCUT2D eigenvalue weighted by Crippen LogP contribution is 2.32. The molecular weight excluding hydrogens is 244 g/mol. The summed E-state index contributed by atoms with van der Waals surface area (Å²) in [6.07, 6.45) is 4.22. The topological polar surface area (TPSA) is 29.3 Å². The molecule has 0 saturated heterocycles. The summed E-state index contributed by atoms with van der Waals surface area (Å²) >= 11 is 0. The quantitative estimate of drug-likeness (QED) is 0.856. The molecule has 0 aromatic heterocycles. The van der Waals surface area contributed by atoms with Crippen molar-refractivity contribution >= 4 is 0 Å². The van der Waals surface area contributed by atoms with Crippen molar-refractivity contribution in [2.24, 2.45) is 11.7 Å².